The van der Waals surface area contributed by atoms with Crippen LogP contribution in [0.3, 0.4) is 0 Å². The van der Waals surface area contributed by atoms with Crippen molar-refractivity contribution in [2.75, 3.05) is 0 Å². The van der Waals surface area contributed by atoms with E-state index in [0.717, 1.165) is 17.5 Å². The molecule has 0 aliphatic heterocycles. The number of benzene rings is 3. The average Bonchev–Trinajstić information content (AvgIpc) is 2.77. The first-order chi connectivity index (χ1) is 15.7. The number of hydrogen-bond acceptors (Lipinski definition) is 2. The minimum Gasteiger partial charge on any atom is -0.236 e. The maximum atomic E-state index is 15.1. The van der Waals surface area contributed by atoms with E-state index in [4.69, 9.17) is 0 Å². The summed E-state index contributed by atoms with van der Waals surface area (Å²) in [6.45, 7) is 2.00. The second kappa shape index (κ2) is 8.84. The van der Waals surface area contributed by atoms with Crippen molar-refractivity contribution in [3.63, 3.8) is 0 Å². The van der Waals surface area contributed by atoms with E-state index in [-0.39, 0.29) is 18.4 Å². The molecule has 0 aliphatic rings. The summed E-state index contributed by atoms with van der Waals surface area (Å²) in [5.41, 5.74) is 0.114. The van der Waals surface area contributed by atoms with E-state index in [1.165, 1.54) is 0 Å². The molecule has 3 aromatic carbocycles. The first-order valence-electron chi connectivity index (χ1n) is 10.2. The van der Waals surface area contributed by atoms with E-state index < -0.39 is 29.2 Å². The Morgan fingerprint density at radius 3 is 2.06 bits per heavy atom. The highest BCUT2D eigenvalue weighted by molar-refractivity contribution is 5.87. The molecule has 4 rings (SSSR count). The highest BCUT2D eigenvalue weighted by Gasteiger charge is 2.37. The van der Waals surface area contributed by atoms with Crippen molar-refractivity contribution < 1.29 is 26.3 Å². The van der Waals surface area contributed by atoms with Crippen LogP contribution in [0.2, 0.25) is 0 Å². The molecule has 0 saturated carbocycles. The Morgan fingerprint density at radius 2 is 1.45 bits per heavy atom. The molecular formula is C25H18F6N2. The minimum absolute atomic E-state index is 0.0144. The average molecular weight is 460 g/mol. The predicted octanol–water partition coefficient (Wildman–Crippen LogP) is 7.08. The topological polar surface area (TPSA) is 25.8 Å². The van der Waals surface area contributed by atoms with Crippen molar-refractivity contribution in [3.05, 3.63) is 94.6 Å². The Kier molecular flexibility index (Phi) is 6.10. The summed E-state index contributed by atoms with van der Waals surface area (Å²) < 4.78 is 80.8. The molecule has 8 heteroatoms. The molecule has 0 saturated heterocycles. The number of rotatable bonds is 5. The molecule has 170 valence electrons. The molecule has 0 bridgehead atoms. The number of hydrogen-bond donors (Lipinski definition) is 0. The fourth-order valence-electron chi connectivity index (χ4n) is 3.68. The molecule has 0 radical (unpaired) electrons. The Hall–Kier alpha value is -3.42. The molecule has 0 fully saturated rings. The predicted molar refractivity (Wildman–Crippen MR) is 113 cm³/mol. The lowest BCUT2D eigenvalue weighted by Gasteiger charge is -2.12. The van der Waals surface area contributed by atoms with Crippen molar-refractivity contribution in [1.82, 2.24) is 9.97 Å². The number of alkyl halides is 3. The summed E-state index contributed by atoms with van der Waals surface area (Å²) in [4.78, 5) is 8.66. The molecule has 0 spiro atoms. The summed E-state index contributed by atoms with van der Waals surface area (Å²) in [5, 5.41) is 0.981. The second-order valence-electron chi connectivity index (χ2n) is 7.68. The molecule has 0 amide bonds. The normalized spacial score (nSPS) is 11.8. The van der Waals surface area contributed by atoms with Crippen LogP contribution in [0.5, 0.6) is 0 Å². The van der Waals surface area contributed by atoms with Gasteiger partial charge in [0.1, 0.15) is 23.0 Å². The molecule has 0 atom stereocenters. The van der Waals surface area contributed by atoms with Crippen LogP contribution in [0.1, 0.15) is 29.2 Å². The lowest BCUT2D eigenvalue weighted by Crippen LogP contribution is -2.12. The Morgan fingerprint density at radius 1 is 0.788 bits per heavy atom. The number of nitrogens with zero attached hydrogens (tertiary/aromatic N) is 2. The van der Waals surface area contributed by atoms with E-state index in [9.17, 15) is 22.0 Å². The van der Waals surface area contributed by atoms with Gasteiger partial charge in [-0.1, -0.05) is 31.2 Å². The molecule has 0 aliphatic carbocycles. The van der Waals surface area contributed by atoms with E-state index in [1.807, 2.05) is 6.92 Å². The largest absolute Gasteiger partial charge is 0.422 e. The molecule has 1 heterocycles. The van der Waals surface area contributed by atoms with Gasteiger partial charge in [-0.3, -0.25) is 0 Å². The van der Waals surface area contributed by atoms with E-state index in [0.29, 0.717) is 34.3 Å². The maximum Gasteiger partial charge on any atom is 0.422 e. The first-order valence-corrected chi connectivity index (χ1v) is 10.2. The standard InChI is InChI=1S/C25H18F6N2/c1-2-14-12-32-24(33-13-14)18-7-8-19-17(11-18)6-5-16(23(19)28)4-3-15-9-20(26)22(21(27)10-15)25(29,30)31/h5-13H,2-4H2,1H3. The third kappa shape index (κ3) is 4.69. The van der Waals surface area contributed by atoms with Crippen LogP contribution in [-0.4, -0.2) is 9.97 Å². The van der Waals surface area contributed by atoms with E-state index >= 15 is 4.39 Å². The van der Waals surface area contributed by atoms with Crippen LogP contribution >= 0.6 is 0 Å². The maximum absolute atomic E-state index is 15.1. The van der Waals surface area contributed by atoms with Crippen molar-refractivity contribution in [2.24, 2.45) is 0 Å². The summed E-state index contributed by atoms with van der Waals surface area (Å²) in [5.74, 6) is -3.34. The van der Waals surface area contributed by atoms with Gasteiger partial charge < -0.3 is 0 Å². The van der Waals surface area contributed by atoms with Gasteiger partial charge >= 0.3 is 6.18 Å². The summed E-state index contributed by atoms with van der Waals surface area (Å²) >= 11 is 0. The highest BCUT2D eigenvalue weighted by atomic mass is 19.4. The smallest absolute Gasteiger partial charge is 0.236 e. The third-order valence-corrected chi connectivity index (χ3v) is 5.47. The van der Waals surface area contributed by atoms with Gasteiger partial charge in [0.15, 0.2) is 5.82 Å². The zero-order chi connectivity index (χ0) is 23.8. The molecule has 2 nitrogen and oxygen atoms in total. The highest BCUT2D eigenvalue weighted by Crippen LogP contribution is 2.34. The van der Waals surface area contributed by atoms with Crippen molar-refractivity contribution in [3.8, 4) is 11.4 Å². The third-order valence-electron chi connectivity index (χ3n) is 5.47. The number of fused-ring (bicyclic) bond motifs is 1. The summed E-state index contributed by atoms with van der Waals surface area (Å²) in [7, 11) is 0. The fraction of sp³-hybridized carbons (Fsp3) is 0.200. The van der Waals surface area contributed by atoms with Crippen LogP contribution < -0.4 is 0 Å². The Labute approximate surface area is 185 Å². The summed E-state index contributed by atoms with van der Waals surface area (Å²) in [6.07, 6.45) is -0.789. The van der Waals surface area contributed by atoms with Gasteiger partial charge in [-0.2, -0.15) is 13.2 Å². The van der Waals surface area contributed by atoms with Crippen molar-refractivity contribution in [1.29, 1.82) is 0 Å². The van der Waals surface area contributed by atoms with Gasteiger partial charge in [0.2, 0.25) is 0 Å². The first kappa shape index (κ1) is 22.8. The molecule has 4 aromatic rings. The van der Waals surface area contributed by atoms with Gasteiger partial charge in [0.25, 0.3) is 0 Å². The number of halogens is 6. The summed E-state index contributed by atoms with van der Waals surface area (Å²) in [6, 6.07) is 9.63. The minimum atomic E-state index is -5.13. The number of aromatic nitrogens is 2. The Balaban J connectivity index is 1.57. The number of aryl methyl sites for hydroxylation is 3. The zero-order valence-corrected chi connectivity index (χ0v) is 17.5. The van der Waals surface area contributed by atoms with Crippen LogP contribution in [-0.2, 0) is 25.4 Å². The lowest BCUT2D eigenvalue weighted by molar-refractivity contribution is -0.142. The van der Waals surface area contributed by atoms with Gasteiger partial charge in [-0.15, -0.1) is 0 Å². The molecular weight excluding hydrogens is 442 g/mol. The fourth-order valence-corrected chi connectivity index (χ4v) is 3.68. The van der Waals surface area contributed by atoms with E-state index in [1.54, 1.807) is 42.7 Å². The molecule has 33 heavy (non-hydrogen) atoms. The second-order valence-corrected chi connectivity index (χ2v) is 7.68. The molecule has 1 aromatic heterocycles. The van der Waals surface area contributed by atoms with Gasteiger partial charge in [-0.05, 0) is 59.5 Å². The Bertz CT molecular complexity index is 1290. The van der Waals surface area contributed by atoms with Crippen LogP contribution in [0.4, 0.5) is 26.3 Å². The quantitative estimate of drug-likeness (QED) is 0.298. The molecule has 0 unspecified atom stereocenters. The van der Waals surface area contributed by atoms with Gasteiger partial charge in [0, 0.05) is 23.3 Å². The van der Waals surface area contributed by atoms with E-state index in [2.05, 4.69) is 9.97 Å². The SMILES string of the molecule is CCc1cnc(-c2ccc3c(F)c(CCc4cc(F)c(C(F)(F)F)c(F)c4)ccc3c2)nc1. The van der Waals surface area contributed by atoms with Gasteiger partial charge in [-0.25, -0.2) is 23.1 Å². The molecule has 0 N–H and O–H groups in total. The van der Waals surface area contributed by atoms with Crippen molar-refractivity contribution in [2.45, 2.75) is 32.4 Å². The van der Waals surface area contributed by atoms with Crippen molar-refractivity contribution >= 4 is 10.8 Å². The van der Waals surface area contributed by atoms with Gasteiger partial charge in [0.05, 0.1) is 0 Å². The van der Waals surface area contributed by atoms with Crippen LogP contribution in [0.25, 0.3) is 22.2 Å². The lowest BCUT2D eigenvalue weighted by atomic mass is 9.98. The van der Waals surface area contributed by atoms with Crippen LogP contribution in [0.15, 0.2) is 54.9 Å². The van der Waals surface area contributed by atoms with Crippen LogP contribution in [0, 0.1) is 17.5 Å². The zero-order valence-electron chi connectivity index (χ0n) is 17.5. The monoisotopic (exact) mass is 460 g/mol.